The van der Waals surface area contributed by atoms with Crippen LogP contribution in [-0.2, 0) is 15.4 Å². The van der Waals surface area contributed by atoms with Gasteiger partial charge in [-0.25, -0.2) is 13.2 Å². The molecule has 3 rings (SSSR count). The summed E-state index contributed by atoms with van der Waals surface area (Å²) in [6, 6.07) is 11.8. The van der Waals surface area contributed by atoms with Gasteiger partial charge in [0, 0.05) is 13.1 Å². The SMILES string of the molecule is Cc1cc(C(C)(C)C)ccc1OC(=O)c1ccc(S(=O)(=O)N2CCCCCC2)cc1. The number of hydrogen-bond donors (Lipinski definition) is 0. The Bertz CT molecular complexity index is 996. The normalized spacial score (nSPS) is 16.1. The van der Waals surface area contributed by atoms with Crippen molar-refractivity contribution in [1.82, 2.24) is 4.31 Å². The summed E-state index contributed by atoms with van der Waals surface area (Å²) in [6.45, 7) is 9.42. The van der Waals surface area contributed by atoms with E-state index in [0.29, 0.717) is 24.4 Å². The van der Waals surface area contributed by atoms with Crippen LogP contribution in [0, 0.1) is 6.92 Å². The first-order chi connectivity index (χ1) is 14.1. The van der Waals surface area contributed by atoms with Crippen molar-refractivity contribution in [2.75, 3.05) is 13.1 Å². The van der Waals surface area contributed by atoms with Gasteiger partial charge in [0.25, 0.3) is 0 Å². The average Bonchev–Trinajstić information content (AvgIpc) is 2.99. The molecule has 5 nitrogen and oxygen atoms in total. The number of esters is 1. The maximum atomic E-state index is 12.9. The van der Waals surface area contributed by atoms with Gasteiger partial charge in [0.15, 0.2) is 0 Å². The fourth-order valence-corrected chi connectivity index (χ4v) is 5.10. The predicted octanol–water partition coefficient (Wildman–Crippen LogP) is 5.08. The lowest BCUT2D eigenvalue weighted by molar-refractivity contribution is 0.0733. The van der Waals surface area contributed by atoms with E-state index in [1.165, 1.54) is 29.8 Å². The van der Waals surface area contributed by atoms with E-state index in [1.54, 1.807) is 4.31 Å². The minimum Gasteiger partial charge on any atom is -0.423 e. The van der Waals surface area contributed by atoms with Crippen LogP contribution in [0.4, 0.5) is 0 Å². The Morgan fingerprint density at radius 2 is 1.53 bits per heavy atom. The maximum Gasteiger partial charge on any atom is 0.343 e. The summed E-state index contributed by atoms with van der Waals surface area (Å²) in [7, 11) is -3.53. The molecule has 1 heterocycles. The number of benzene rings is 2. The minimum atomic E-state index is -3.53. The number of aryl methyl sites for hydroxylation is 1. The van der Waals surface area contributed by atoms with Gasteiger partial charge >= 0.3 is 5.97 Å². The summed E-state index contributed by atoms with van der Waals surface area (Å²) in [5, 5.41) is 0. The molecule has 6 heteroatoms. The molecule has 2 aromatic carbocycles. The third-order valence-corrected chi connectivity index (χ3v) is 7.45. The quantitative estimate of drug-likeness (QED) is 0.502. The molecule has 0 radical (unpaired) electrons. The third-order valence-electron chi connectivity index (χ3n) is 5.54. The van der Waals surface area contributed by atoms with Crippen molar-refractivity contribution in [3.8, 4) is 5.75 Å². The van der Waals surface area contributed by atoms with Crippen LogP contribution < -0.4 is 4.74 Å². The van der Waals surface area contributed by atoms with E-state index in [0.717, 1.165) is 31.2 Å². The van der Waals surface area contributed by atoms with Gasteiger partial charge in [0.05, 0.1) is 10.5 Å². The molecule has 1 fully saturated rings. The van der Waals surface area contributed by atoms with Gasteiger partial charge in [-0.2, -0.15) is 4.31 Å². The smallest absolute Gasteiger partial charge is 0.343 e. The molecule has 0 aliphatic carbocycles. The molecule has 0 aromatic heterocycles. The Kier molecular flexibility index (Phi) is 6.68. The van der Waals surface area contributed by atoms with E-state index in [1.807, 2.05) is 25.1 Å². The number of nitrogens with zero attached hydrogens (tertiary/aromatic N) is 1. The minimum absolute atomic E-state index is 0.0159. The van der Waals surface area contributed by atoms with Crippen molar-refractivity contribution in [3.05, 3.63) is 59.2 Å². The molecular weight excluding hydrogens is 398 g/mol. The van der Waals surface area contributed by atoms with Crippen LogP contribution in [-0.4, -0.2) is 31.8 Å². The van der Waals surface area contributed by atoms with Crippen molar-refractivity contribution in [1.29, 1.82) is 0 Å². The van der Waals surface area contributed by atoms with Gasteiger partial charge < -0.3 is 4.74 Å². The number of rotatable bonds is 4. The summed E-state index contributed by atoms with van der Waals surface area (Å²) in [6.07, 6.45) is 3.90. The second-order valence-electron chi connectivity index (χ2n) is 8.96. The molecule has 0 N–H and O–H groups in total. The zero-order valence-corrected chi connectivity index (χ0v) is 19.1. The van der Waals surface area contributed by atoms with Gasteiger partial charge in [0.1, 0.15) is 5.75 Å². The van der Waals surface area contributed by atoms with Gasteiger partial charge in [-0.15, -0.1) is 0 Å². The second kappa shape index (κ2) is 8.90. The van der Waals surface area contributed by atoms with Crippen molar-refractivity contribution < 1.29 is 17.9 Å². The van der Waals surface area contributed by atoms with Crippen LogP contribution in [0.15, 0.2) is 47.4 Å². The van der Waals surface area contributed by atoms with Crippen LogP contribution in [0.5, 0.6) is 5.75 Å². The van der Waals surface area contributed by atoms with Crippen molar-refractivity contribution >= 4 is 16.0 Å². The summed E-state index contributed by atoms with van der Waals surface area (Å²) in [5.41, 5.74) is 2.39. The highest BCUT2D eigenvalue weighted by Gasteiger charge is 2.25. The molecule has 0 bridgehead atoms. The molecule has 162 valence electrons. The molecule has 0 amide bonds. The van der Waals surface area contributed by atoms with Gasteiger partial charge in [-0.1, -0.05) is 45.7 Å². The zero-order chi connectivity index (χ0) is 21.9. The monoisotopic (exact) mass is 429 g/mol. The van der Waals surface area contributed by atoms with E-state index in [-0.39, 0.29) is 10.3 Å². The summed E-state index contributed by atoms with van der Waals surface area (Å²) in [4.78, 5) is 12.8. The Balaban J connectivity index is 1.74. The van der Waals surface area contributed by atoms with Crippen LogP contribution in [0.25, 0.3) is 0 Å². The molecule has 1 saturated heterocycles. The van der Waals surface area contributed by atoms with Crippen molar-refractivity contribution in [2.45, 2.75) is 63.7 Å². The average molecular weight is 430 g/mol. The molecule has 0 spiro atoms. The number of carbonyl (C=O) groups is 1. The van der Waals surface area contributed by atoms with Crippen LogP contribution >= 0.6 is 0 Å². The Morgan fingerprint density at radius 1 is 0.933 bits per heavy atom. The standard InChI is InChI=1S/C24H31NO4S/c1-18-17-20(24(2,3)4)11-14-22(18)29-23(26)19-9-12-21(13-10-19)30(27,28)25-15-7-5-6-8-16-25/h9-14,17H,5-8,15-16H2,1-4H3. The van der Waals surface area contributed by atoms with Gasteiger partial charge in [0.2, 0.25) is 10.0 Å². The van der Waals surface area contributed by atoms with Gasteiger partial charge in [-0.3, -0.25) is 0 Å². The van der Waals surface area contributed by atoms with Crippen LogP contribution in [0.1, 0.15) is 67.9 Å². The predicted molar refractivity (Wildman–Crippen MR) is 119 cm³/mol. The number of ether oxygens (including phenoxy) is 1. The van der Waals surface area contributed by atoms with Gasteiger partial charge in [-0.05, 0) is 66.6 Å². The van der Waals surface area contributed by atoms with E-state index in [4.69, 9.17) is 4.74 Å². The highest BCUT2D eigenvalue weighted by molar-refractivity contribution is 7.89. The highest BCUT2D eigenvalue weighted by atomic mass is 32.2. The first-order valence-corrected chi connectivity index (χ1v) is 12.0. The first kappa shape index (κ1) is 22.5. The van der Waals surface area contributed by atoms with Crippen molar-refractivity contribution in [3.63, 3.8) is 0 Å². The summed E-state index contributed by atoms with van der Waals surface area (Å²) in [5.74, 6) is 0.00888. The molecule has 30 heavy (non-hydrogen) atoms. The summed E-state index contributed by atoms with van der Waals surface area (Å²) >= 11 is 0. The third kappa shape index (κ3) is 5.10. The Labute approximate surface area is 180 Å². The fraction of sp³-hybridized carbons (Fsp3) is 0.458. The fourth-order valence-electron chi connectivity index (χ4n) is 3.58. The molecular formula is C24H31NO4S. The second-order valence-corrected chi connectivity index (χ2v) is 10.9. The zero-order valence-electron chi connectivity index (χ0n) is 18.3. The molecule has 0 atom stereocenters. The molecule has 1 aliphatic rings. The maximum absolute atomic E-state index is 12.9. The molecule has 0 saturated carbocycles. The van der Waals surface area contributed by atoms with Crippen molar-refractivity contribution in [2.24, 2.45) is 0 Å². The largest absolute Gasteiger partial charge is 0.423 e. The first-order valence-electron chi connectivity index (χ1n) is 10.5. The van der Waals surface area contributed by atoms with E-state index in [9.17, 15) is 13.2 Å². The number of sulfonamides is 1. The highest BCUT2D eigenvalue weighted by Crippen LogP contribution is 2.28. The molecule has 2 aromatic rings. The van der Waals surface area contributed by atoms with E-state index in [2.05, 4.69) is 20.8 Å². The molecule has 1 aliphatic heterocycles. The van der Waals surface area contributed by atoms with Crippen LogP contribution in [0.2, 0.25) is 0 Å². The lowest BCUT2D eigenvalue weighted by atomic mass is 9.86. The lowest BCUT2D eigenvalue weighted by Crippen LogP contribution is -2.31. The lowest BCUT2D eigenvalue weighted by Gasteiger charge is -2.20. The Hall–Kier alpha value is -2.18. The topological polar surface area (TPSA) is 63.7 Å². The summed E-state index contributed by atoms with van der Waals surface area (Å²) < 4.78 is 32.9. The van der Waals surface area contributed by atoms with Crippen LogP contribution in [0.3, 0.4) is 0 Å². The molecule has 0 unspecified atom stereocenters. The van der Waals surface area contributed by atoms with E-state index >= 15 is 0 Å². The number of hydrogen-bond acceptors (Lipinski definition) is 4. The van der Waals surface area contributed by atoms with E-state index < -0.39 is 16.0 Å². The number of carbonyl (C=O) groups excluding carboxylic acids is 1. The Morgan fingerprint density at radius 3 is 2.07 bits per heavy atom.